The van der Waals surface area contributed by atoms with Gasteiger partial charge in [0, 0.05) is 30.1 Å². The Labute approximate surface area is 120 Å². The molecule has 0 fully saturated rings. The third kappa shape index (κ3) is 1.48. The summed E-state index contributed by atoms with van der Waals surface area (Å²) in [5.74, 6) is 0.210. The van der Waals surface area contributed by atoms with Crippen LogP contribution >= 0.6 is 0 Å². The first-order valence-electron chi connectivity index (χ1n) is 6.57. The standard InChI is InChI=1S/C16H11N3O2/c1-19-15-10(6-4-8-17-15)12(16(19)21)13-14(20)9-5-2-3-7-11(9)18-13/h2-8,18H,1H3/b13-12-. The minimum atomic E-state index is -0.215. The van der Waals surface area contributed by atoms with Gasteiger partial charge in [-0.3, -0.25) is 14.5 Å². The second kappa shape index (κ2) is 4.02. The van der Waals surface area contributed by atoms with Crippen LogP contribution in [0.15, 0.2) is 48.3 Å². The van der Waals surface area contributed by atoms with E-state index in [-0.39, 0.29) is 11.7 Å². The lowest BCUT2D eigenvalue weighted by molar-refractivity contribution is -0.112. The number of rotatable bonds is 0. The van der Waals surface area contributed by atoms with Gasteiger partial charge in [-0.2, -0.15) is 0 Å². The summed E-state index contributed by atoms with van der Waals surface area (Å²) in [4.78, 5) is 30.7. The topological polar surface area (TPSA) is 62.3 Å². The van der Waals surface area contributed by atoms with Gasteiger partial charge < -0.3 is 5.32 Å². The van der Waals surface area contributed by atoms with E-state index in [1.807, 2.05) is 24.3 Å². The smallest absolute Gasteiger partial charge is 0.262 e. The van der Waals surface area contributed by atoms with E-state index in [1.165, 1.54) is 4.90 Å². The van der Waals surface area contributed by atoms with Crippen molar-refractivity contribution in [2.75, 3.05) is 17.3 Å². The maximum atomic E-state index is 12.5. The Hall–Kier alpha value is -2.95. The van der Waals surface area contributed by atoms with Crippen molar-refractivity contribution in [3.05, 3.63) is 59.4 Å². The molecule has 0 unspecified atom stereocenters. The fraction of sp³-hybridized carbons (Fsp3) is 0.0625. The van der Waals surface area contributed by atoms with Gasteiger partial charge in [-0.25, -0.2) is 4.98 Å². The van der Waals surface area contributed by atoms with Crippen LogP contribution in [0.3, 0.4) is 0 Å². The Morgan fingerprint density at radius 2 is 1.81 bits per heavy atom. The van der Waals surface area contributed by atoms with Crippen molar-refractivity contribution in [1.29, 1.82) is 0 Å². The monoisotopic (exact) mass is 277 g/mol. The third-order valence-corrected chi connectivity index (χ3v) is 3.80. The molecule has 2 aromatic rings. The third-order valence-electron chi connectivity index (χ3n) is 3.80. The van der Waals surface area contributed by atoms with Crippen molar-refractivity contribution < 1.29 is 9.59 Å². The second-order valence-electron chi connectivity index (χ2n) is 4.99. The van der Waals surface area contributed by atoms with Crippen LogP contribution in [-0.4, -0.2) is 23.7 Å². The molecule has 0 bridgehead atoms. The van der Waals surface area contributed by atoms with Crippen LogP contribution < -0.4 is 10.2 Å². The van der Waals surface area contributed by atoms with E-state index in [1.54, 1.807) is 25.4 Å². The minimum absolute atomic E-state index is 0.154. The zero-order chi connectivity index (χ0) is 14.6. The van der Waals surface area contributed by atoms with Gasteiger partial charge in [0.25, 0.3) is 5.91 Å². The number of Topliss-reactive ketones (excluding diaryl/α,β-unsaturated/α-hetero) is 1. The Bertz CT molecular complexity index is 839. The molecule has 1 amide bonds. The number of pyridine rings is 1. The van der Waals surface area contributed by atoms with Crippen LogP contribution in [0.1, 0.15) is 15.9 Å². The molecule has 4 rings (SSSR count). The summed E-state index contributed by atoms with van der Waals surface area (Å²) in [7, 11) is 1.66. The quantitative estimate of drug-likeness (QED) is 0.749. The van der Waals surface area contributed by atoms with Crippen LogP contribution in [0, 0.1) is 0 Å². The van der Waals surface area contributed by atoms with Crippen molar-refractivity contribution in [2.45, 2.75) is 0 Å². The fourth-order valence-electron chi connectivity index (χ4n) is 2.77. The molecular weight excluding hydrogens is 266 g/mol. The summed E-state index contributed by atoms with van der Waals surface area (Å²) in [5.41, 5.74) is 2.74. The number of nitrogens with zero attached hydrogens (tertiary/aromatic N) is 2. The predicted molar refractivity (Wildman–Crippen MR) is 79.0 cm³/mol. The number of benzene rings is 1. The number of hydrogen-bond donors (Lipinski definition) is 1. The van der Waals surface area contributed by atoms with Gasteiger partial charge in [-0.05, 0) is 24.3 Å². The molecule has 1 aromatic carbocycles. The fourth-order valence-corrected chi connectivity index (χ4v) is 2.77. The number of hydrogen-bond acceptors (Lipinski definition) is 4. The summed E-state index contributed by atoms with van der Waals surface area (Å²) in [6.45, 7) is 0. The van der Waals surface area contributed by atoms with E-state index in [0.717, 1.165) is 5.69 Å². The van der Waals surface area contributed by atoms with E-state index in [2.05, 4.69) is 10.3 Å². The Balaban J connectivity index is 1.96. The van der Waals surface area contributed by atoms with Gasteiger partial charge in [-0.1, -0.05) is 12.1 Å². The first-order chi connectivity index (χ1) is 10.2. The highest BCUT2D eigenvalue weighted by atomic mass is 16.2. The lowest BCUT2D eigenvalue weighted by Gasteiger charge is -2.07. The van der Waals surface area contributed by atoms with Gasteiger partial charge in [0.1, 0.15) is 11.5 Å². The van der Waals surface area contributed by atoms with E-state index in [9.17, 15) is 9.59 Å². The number of fused-ring (bicyclic) bond motifs is 2. The molecule has 1 aromatic heterocycles. The molecule has 5 heteroatoms. The van der Waals surface area contributed by atoms with Gasteiger partial charge in [0.05, 0.1) is 5.57 Å². The largest absolute Gasteiger partial charge is 0.351 e. The highest BCUT2D eigenvalue weighted by Gasteiger charge is 2.38. The Kier molecular flexibility index (Phi) is 2.27. The maximum Gasteiger partial charge on any atom is 0.262 e. The molecule has 0 radical (unpaired) electrons. The van der Waals surface area contributed by atoms with E-state index in [4.69, 9.17) is 0 Å². The molecule has 1 N–H and O–H groups in total. The van der Waals surface area contributed by atoms with Gasteiger partial charge in [0.15, 0.2) is 0 Å². The molecule has 0 saturated heterocycles. The summed E-state index contributed by atoms with van der Waals surface area (Å²) >= 11 is 0. The van der Waals surface area contributed by atoms with Crippen molar-refractivity contribution >= 4 is 28.8 Å². The average Bonchev–Trinajstić information content (AvgIpc) is 2.96. The van der Waals surface area contributed by atoms with Crippen molar-refractivity contribution in [3.63, 3.8) is 0 Å². The second-order valence-corrected chi connectivity index (χ2v) is 4.99. The van der Waals surface area contributed by atoms with Gasteiger partial charge >= 0.3 is 0 Å². The van der Waals surface area contributed by atoms with E-state index < -0.39 is 0 Å². The number of nitrogens with one attached hydrogen (secondary N) is 1. The number of carbonyl (C=O) groups excluding carboxylic acids is 2. The minimum Gasteiger partial charge on any atom is -0.351 e. The first kappa shape index (κ1) is 11.8. The highest BCUT2D eigenvalue weighted by Crippen LogP contribution is 2.39. The molecule has 0 atom stereocenters. The van der Waals surface area contributed by atoms with Crippen molar-refractivity contribution in [2.24, 2.45) is 0 Å². The Morgan fingerprint density at radius 1 is 1.05 bits per heavy atom. The zero-order valence-electron chi connectivity index (χ0n) is 11.3. The number of ketones is 1. The molecule has 5 nitrogen and oxygen atoms in total. The molecule has 21 heavy (non-hydrogen) atoms. The number of carbonyl (C=O) groups is 2. The molecule has 2 aliphatic heterocycles. The van der Waals surface area contributed by atoms with E-state index >= 15 is 0 Å². The highest BCUT2D eigenvalue weighted by molar-refractivity contribution is 6.39. The summed E-state index contributed by atoms with van der Waals surface area (Å²) in [5, 5.41) is 3.07. The summed E-state index contributed by atoms with van der Waals surface area (Å²) in [6.07, 6.45) is 1.63. The Morgan fingerprint density at radius 3 is 2.62 bits per heavy atom. The van der Waals surface area contributed by atoms with Gasteiger partial charge in [0.2, 0.25) is 5.78 Å². The first-order valence-corrected chi connectivity index (χ1v) is 6.57. The zero-order valence-corrected chi connectivity index (χ0v) is 11.3. The molecular formula is C16H11N3O2. The molecule has 2 aliphatic rings. The lowest BCUT2D eigenvalue weighted by Crippen LogP contribution is -2.22. The van der Waals surface area contributed by atoms with Crippen LogP contribution in [-0.2, 0) is 4.79 Å². The molecule has 102 valence electrons. The lowest BCUT2D eigenvalue weighted by atomic mass is 10.0. The maximum absolute atomic E-state index is 12.5. The molecule has 0 saturated carbocycles. The van der Waals surface area contributed by atoms with Crippen LogP contribution in [0.25, 0.3) is 5.57 Å². The number of amides is 1. The average molecular weight is 277 g/mol. The SMILES string of the molecule is CN1C(=O)/C(=C2\Nc3ccccc3C2=O)c2cccnc21. The van der Waals surface area contributed by atoms with Crippen LogP contribution in [0.4, 0.5) is 11.5 Å². The molecule has 0 spiro atoms. The number of aromatic nitrogens is 1. The number of allylic oxidation sites excluding steroid dienone is 1. The number of anilines is 2. The van der Waals surface area contributed by atoms with Crippen LogP contribution in [0.5, 0.6) is 0 Å². The van der Waals surface area contributed by atoms with Crippen molar-refractivity contribution in [3.8, 4) is 0 Å². The van der Waals surface area contributed by atoms with Crippen LogP contribution in [0.2, 0.25) is 0 Å². The summed E-state index contributed by atoms with van der Waals surface area (Å²) < 4.78 is 0. The van der Waals surface area contributed by atoms with E-state index in [0.29, 0.717) is 28.2 Å². The molecule has 0 aliphatic carbocycles. The van der Waals surface area contributed by atoms with Crippen molar-refractivity contribution in [1.82, 2.24) is 4.98 Å². The molecule has 3 heterocycles. The predicted octanol–water partition coefficient (Wildman–Crippen LogP) is 2.08. The number of para-hydroxylation sites is 1. The van der Waals surface area contributed by atoms with Gasteiger partial charge in [-0.15, -0.1) is 0 Å². The summed E-state index contributed by atoms with van der Waals surface area (Å²) in [6, 6.07) is 10.8. The normalized spacial score (nSPS) is 19.6. The number of likely N-dealkylation sites (N-methyl/N-ethyl adjacent to an activating group) is 1.